The molecule has 1 atom stereocenters. The average Bonchev–Trinajstić information content (AvgIpc) is 2.63. The molecule has 1 aromatic carbocycles. The number of piperidine rings is 1. The van der Waals surface area contributed by atoms with E-state index in [0.717, 1.165) is 58.7 Å². The number of nitrogens with zero attached hydrogens (tertiary/aromatic N) is 3. The highest BCUT2D eigenvalue weighted by molar-refractivity contribution is 5.82. The van der Waals surface area contributed by atoms with Gasteiger partial charge in [-0.1, -0.05) is 43.7 Å². The predicted molar refractivity (Wildman–Crippen MR) is 97.8 cm³/mol. The SMILES string of the molecule is CCCN1CCCCC1C(=O)N1CCN(Cc2ccccc2)CC1. The molecule has 0 N–H and O–H groups in total. The number of amides is 1. The van der Waals surface area contributed by atoms with Crippen LogP contribution in [0.1, 0.15) is 38.2 Å². The van der Waals surface area contributed by atoms with Crippen molar-refractivity contribution in [2.45, 2.75) is 45.2 Å². The molecule has 0 aliphatic carbocycles. The first-order valence-corrected chi connectivity index (χ1v) is 9.57. The van der Waals surface area contributed by atoms with Crippen molar-refractivity contribution in [3.63, 3.8) is 0 Å². The number of likely N-dealkylation sites (tertiary alicyclic amines) is 1. The van der Waals surface area contributed by atoms with E-state index in [1.54, 1.807) is 0 Å². The molecule has 3 rings (SSSR count). The van der Waals surface area contributed by atoms with Crippen LogP contribution >= 0.6 is 0 Å². The number of rotatable bonds is 5. The van der Waals surface area contributed by atoms with E-state index in [1.807, 2.05) is 0 Å². The summed E-state index contributed by atoms with van der Waals surface area (Å²) in [5.41, 5.74) is 1.36. The molecule has 0 aromatic heterocycles. The van der Waals surface area contributed by atoms with Crippen molar-refractivity contribution in [2.24, 2.45) is 0 Å². The summed E-state index contributed by atoms with van der Waals surface area (Å²) in [6.07, 6.45) is 4.62. The Labute approximate surface area is 146 Å². The van der Waals surface area contributed by atoms with E-state index in [-0.39, 0.29) is 6.04 Å². The van der Waals surface area contributed by atoms with Crippen LogP contribution in [0, 0.1) is 0 Å². The molecule has 4 heteroatoms. The third-order valence-electron chi connectivity index (χ3n) is 5.34. The highest BCUT2D eigenvalue weighted by atomic mass is 16.2. The maximum atomic E-state index is 13.0. The Morgan fingerprint density at radius 2 is 1.79 bits per heavy atom. The standard InChI is InChI=1S/C20H31N3O/c1-2-11-22-12-7-6-10-19(22)20(24)23-15-13-21(14-16-23)17-18-8-4-3-5-9-18/h3-5,8-9,19H,2,6-7,10-17H2,1H3. The van der Waals surface area contributed by atoms with Gasteiger partial charge in [0.2, 0.25) is 5.91 Å². The summed E-state index contributed by atoms with van der Waals surface area (Å²) in [6, 6.07) is 10.8. The summed E-state index contributed by atoms with van der Waals surface area (Å²) >= 11 is 0. The molecular formula is C20H31N3O. The zero-order chi connectivity index (χ0) is 16.8. The van der Waals surface area contributed by atoms with Gasteiger partial charge in [-0.25, -0.2) is 0 Å². The number of carbonyl (C=O) groups excluding carboxylic acids is 1. The van der Waals surface area contributed by atoms with Gasteiger partial charge in [-0.2, -0.15) is 0 Å². The van der Waals surface area contributed by atoms with E-state index < -0.39 is 0 Å². The normalized spacial score (nSPS) is 23.4. The Morgan fingerprint density at radius 3 is 2.50 bits per heavy atom. The molecule has 2 heterocycles. The van der Waals surface area contributed by atoms with E-state index in [4.69, 9.17) is 0 Å². The number of hydrogen-bond acceptors (Lipinski definition) is 3. The van der Waals surface area contributed by atoms with Crippen LogP contribution in [-0.4, -0.2) is 65.9 Å². The van der Waals surface area contributed by atoms with Crippen molar-refractivity contribution in [3.8, 4) is 0 Å². The zero-order valence-electron chi connectivity index (χ0n) is 15.0. The molecule has 0 radical (unpaired) electrons. The molecule has 1 amide bonds. The third-order valence-corrected chi connectivity index (χ3v) is 5.34. The van der Waals surface area contributed by atoms with Gasteiger partial charge in [0.25, 0.3) is 0 Å². The minimum Gasteiger partial charge on any atom is -0.339 e. The van der Waals surface area contributed by atoms with Crippen molar-refractivity contribution in [2.75, 3.05) is 39.3 Å². The van der Waals surface area contributed by atoms with Gasteiger partial charge >= 0.3 is 0 Å². The number of hydrogen-bond donors (Lipinski definition) is 0. The minimum absolute atomic E-state index is 0.138. The lowest BCUT2D eigenvalue weighted by molar-refractivity contribution is -0.140. The molecule has 2 fully saturated rings. The van der Waals surface area contributed by atoms with Crippen molar-refractivity contribution in [3.05, 3.63) is 35.9 Å². The van der Waals surface area contributed by atoms with Crippen LogP contribution in [0.3, 0.4) is 0 Å². The topological polar surface area (TPSA) is 26.8 Å². The molecule has 2 saturated heterocycles. The second-order valence-corrected chi connectivity index (χ2v) is 7.13. The Hall–Kier alpha value is -1.39. The van der Waals surface area contributed by atoms with E-state index in [1.165, 1.54) is 18.4 Å². The van der Waals surface area contributed by atoms with Gasteiger partial charge < -0.3 is 4.90 Å². The van der Waals surface area contributed by atoms with Gasteiger partial charge in [-0.3, -0.25) is 14.6 Å². The quantitative estimate of drug-likeness (QED) is 0.831. The monoisotopic (exact) mass is 329 g/mol. The maximum absolute atomic E-state index is 13.0. The molecule has 132 valence electrons. The van der Waals surface area contributed by atoms with E-state index in [2.05, 4.69) is 52.0 Å². The lowest BCUT2D eigenvalue weighted by Crippen LogP contribution is -2.56. The molecule has 0 bridgehead atoms. The molecule has 0 saturated carbocycles. The first kappa shape index (κ1) is 17.4. The van der Waals surface area contributed by atoms with Crippen LogP contribution in [0.5, 0.6) is 0 Å². The lowest BCUT2D eigenvalue weighted by atomic mass is 10.00. The van der Waals surface area contributed by atoms with Crippen LogP contribution < -0.4 is 0 Å². The fourth-order valence-corrected chi connectivity index (χ4v) is 4.00. The second-order valence-electron chi connectivity index (χ2n) is 7.13. The highest BCUT2D eigenvalue weighted by Gasteiger charge is 2.32. The Balaban J connectivity index is 1.51. The summed E-state index contributed by atoms with van der Waals surface area (Å²) < 4.78 is 0. The molecule has 4 nitrogen and oxygen atoms in total. The van der Waals surface area contributed by atoms with Crippen molar-refractivity contribution >= 4 is 5.91 Å². The summed E-state index contributed by atoms with van der Waals surface area (Å²) in [5.74, 6) is 0.377. The largest absolute Gasteiger partial charge is 0.339 e. The van der Waals surface area contributed by atoms with Gasteiger partial charge in [0.15, 0.2) is 0 Å². The van der Waals surface area contributed by atoms with Crippen LogP contribution in [0.2, 0.25) is 0 Å². The zero-order valence-corrected chi connectivity index (χ0v) is 15.0. The fourth-order valence-electron chi connectivity index (χ4n) is 4.00. The van der Waals surface area contributed by atoms with Gasteiger partial charge in [-0.05, 0) is 37.9 Å². The van der Waals surface area contributed by atoms with E-state index in [0.29, 0.717) is 5.91 Å². The highest BCUT2D eigenvalue weighted by Crippen LogP contribution is 2.20. The molecule has 2 aliphatic rings. The smallest absolute Gasteiger partial charge is 0.240 e. The Kier molecular flexibility index (Phi) is 6.27. The van der Waals surface area contributed by atoms with Crippen molar-refractivity contribution in [1.82, 2.24) is 14.7 Å². The number of benzene rings is 1. The van der Waals surface area contributed by atoms with Gasteiger partial charge in [0.1, 0.15) is 0 Å². The van der Waals surface area contributed by atoms with E-state index >= 15 is 0 Å². The van der Waals surface area contributed by atoms with Crippen LogP contribution in [0.25, 0.3) is 0 Å². The first-order valence-electron chi connectivity index (χ1n) is 9.57. The maximum Gasteiger partial charge on any atom is 0.240 e. The minimum atomic E-state index is 0.138. The second kappa shape index (κ2) is 8.63. The first-order chi connectivity index (χ1) is 11.8. The van der Waals surface area contributed by atoms with Gasteiger partial charge in [0, 0.05) is 32.7 Å². The van der Waals surface area contributed by atoms with Crippen LogP contribution in [0.4, 0.5) is 0 Å². The van der Waals surface area contributed by atoms with Gasteiger partial charge in [0.05, 0.1) is 6.04 Å². The average molecular weight is 329 g/mol. The summed E-state index contributed by atoms with van der Waals surface area (Å²) in [4.78, 5) is 20.0. The third kappa shape index (κ3) is 4.37. The molecule has 0 spiro atoms. The van der Waals surface area contributed by atoms with Crippen molar-refractivity contribution < 1.29 is 4.79 Å². The van der Waals surface area contributed by atoms with E-state index in [9.17, 15) is 4.79 Å². The summed E-state index contributed by atoms with van der Waals surface area (Å²) in [6.45, 7) is 9.09. The molecule has 1 unspecified atom stereocenters. The summed E-state index contributed by atoms with van der Waals surface area (Å²) in [5, 5.41) is 0. The van der Waals surface area contributed by atoms with Crippen molar-refractivity contribution in [1.29, 1.82) is 0 Å². The van der Waals surface area contributed by atoms with Gasteiger partial charge in [-0.15, -0.1) is 0 Å². The molecule has 24 heavy (non-hydrogen) atoms. The Bertz CT molecular complexity index is 509. The molecular weight excluding hydrogens is 298 g/mol. The summed E-state index contributed by atoms with van der Waals surface area (Å²) in [7, 11) is 0. The number of piperazine rings is 1. The van der Waals surface area contributed by atoms with Crippen LogP contribution in [0.15, 0.2) is 30.3 Å². The van der Waals surface area contributed by atoms with Crippen LogP contribution in [-0.2, 0) is 11.3 Å². The lowest BCUT2D eigenvalue weighted by Gasteiger charge is -2.40. The number of carbonyl (C=O) groups is 1. The fraction of sp³-hybridized carbons (Fsp3) is 0.650. The molecule has 2 aliphatic heterocycles. The Morgan fingerprint density at radius 1 is 1.04 bits per heavy atom. The predicted octanol–water partition coefficient (Wildman–Crippen LogP) is 2.60. The molecule has 1 aromatic rings.